The Morgan fingerprint density at radius 2 is 2.23 bits per heavy atom. The van der Waals surface area contributed by atoms with Crippen molar-refractivity contribution in [3.05, 3.63) is 28.2 Å². The number of hydrogen-bond acceptors (Lipinski definition) is 3. The maximum Gasteiger partial charge on any atom is 0.182 e. The summed E-state index contributed by atoms with van der Waals surface area (Å²) in [5, 5.41) is 9.40. The number of carbonyl (C=O) groups excluding carboxylic acids is 1. The summed E-state index contributed by atoms with van der Waals surface area (Å²) in [6.07, 6.45) is 0. The molecule has 0 aromatic heterocycles. The minimum absolute atomic E-state index is 0.0447. The van der Waals surface area contributed by atoms with Crippen LogP contribution in [0.4, 0.5) is 0 Å². The van der Waals surface area contributed by atoms with Crippen molar-refractivity contribution >= 4 is 21.7 Å². The fourth-order valence-electron chi connectivity index (χ4n) is 0.958. The third-order valence-electron chi connectivity index (χ3n) is 1.64. The molecule has 0 saturated heterocycles. The van der Waals surface area contributed by atoms with Gasteiger partial charge in [-0.25, -0.2) is 0 Å². The number of Topliss-reactive ketones (excluding diaryl/α,β-unsaturated/α-hetero) is 1. The molecule has 3 N–H and O–H groups in total. The molecule has 1 atom stereocenters. The maximum absolute atomic E-state index is 11.4. The highest BCUT2D eigenvalue weighted by Gasteiger charge is 2.14. The van der Waals surface area contributed by atoms with E-state index in [9.17, 15) is 9.90 Å². The monoisotopic (exact) mass is 243 g/mol. The lowest BCUT2D eigenvalue weighted by Gasteiger charge is -2.06. The molecule has 0 radical (unpaired) electrons. The number of carbonyl (C=O) groups is 1. The van der Waals surface area contributed by atoms with Crippen molar-refractivity contribution < 1.29 is 9.90 Å². The van der Waals surface area contributed by atoms with Gasteiger partial charge < -0.3 is 10.8 Å². The quantitative estimate of drug-likeness (QED) is 0.778. The van der Waals surface area contributed by atoms with Crippen LogP contribution in [0, 0.1) is 0 Å². The summed E-state index contributed by atoms with van der Waals surface area (Å²) in [5.41, 5.74) is 5.66. The van der Waals surface area contributed by atoms with Crippen LogP contribution in [-0.4, -0.2) is 16.9 Å². The van der Waals surface area contributed by atoms with E-state index in [1.807, 2.05) is 0 Å². The van der Waals surface area contributed by atoms with Gasteiger partial charge in [0.05, 0.1) is 11.6 Å². The Labute approximate surface area is 84.7 Å². The molecule has 0 heterocycles. The zero-order chi connectivity index (χ0) is 10.0. The fraction of sp³-hybridized carbons (Fsp3) is 0.222. The van der Waals surface area contributed by atoms with Crippen molar-refractivity contribution in [1.29, 1.82) is 0 Å². The van der Waals surface area contributed by atoms with Crippen LogP contribution in [0.25, 0.3) is 0 Å². The first-order chi connectivity index (χ1) is 6.02. The van der Waals surface area contributed by atoms with E-state index in [-0.39, 0.29) is 17.1 Å². The molecule has 0 aliphatic carbocycles. The third-order valence-corrected chi connectivity index (χ3v) is 2.13. The van der Waals surface area contributed by atoms with Crippen LogP contribution in [0.15, 0.2) is 22.7 Å². The summed E-state index contributed by atoms with van der Waals surface area (Å²) >= 11 is 3.18. The predicted molar refractivity (Wildman–Crippen MR) is 53.8 cm³/mol. The predicted octanol–water partition coefficient (Wildman–Crippen LogP) is 1.68. The SMILES string of the molecule is CC(N)C(=O)c1ccc(Br)cc1O. The van der Waals surface area contributed by atoms with Gasteiger partial charge in [0.25, 0.3) is 0 Å². The van der Waals surface area contributed by atoms with Crippen LogP contribution >= 0.6 is 15.9 Å². The molecule has 0 bridgehead atoms. The summed E-state index contributed by atoms with van der Waals surface area (Å²) in [5.74, 6) is -0.304. The minimum atomic E-state index is -0.591. The molecular formula is C9H10BrNO2. The molecule has 70 valence electrons. The molecule has 0 amide bonds. The van der Waals surface area contributed by atoms with Crippen molar-refractivity contribution in [3.63, 3.8) is 0 Å². The van der Waals surface area contributed by atoms with Crippen molar-refractivity contribution in [2.24, 2.45) is 5.73 Å². The highest BCUT2D eigenvalue weighted by Crippen LogP contribution is 2.22. The summed E-state index contributed by atoms with van der Waals surface area (Å²) in [7, 11) is 0. The Balaban J connectivity index is 3.09. The van der Waals surface area contributed by atoms with Gasteiger partial charge in [-0.15, -0.1) is 0 Å². The highest BCUT2D eigenvalue weighted by molar-refractivity contribution is 9.10. The van der Waals surface area contributed by atoms with Gasteiger partial charge in [-0.2, -0.15) is 0 Å². The number of halogens is 1. The van der Waals surface area contributed by atoms with Crippen LogP contribution in [0.1, 0.15) is 17.3 Å². The fourth-order valence-corrected chi connectivity index (χ4v) is 1.31. The van der Waals surface area contributed by atoms with Crippen molar-refractivity contribution in [3.8, 4) is 5.75 Å². The second kappa shape index (κ2) is 3.89. The van der Waals surface area contributed by atoms with E-state index in [1.165, 1.54) is 6.07 Å². The summed E-state index contributed by atoms with van der Waals surface area (Å²) in [6.45, 7) is 1.59. The zero-order valence-corrected chi connectivity index (χ0v) is 8.71. The highest BCUT2D eigenvalue weighted by atomic mass is 79.9. The Bertz CT molecular complexity index is 336. The van der Waals surface area contributed by atoms with Crippen LogP contribution < -0.4 is 5.73 Å². The van der Waals surface area contributed by atoms with Gasteiger partial charge in [0.1, 0.15) is 5.75 Å². The Kier molecular flexibility index (Phi) is 3.06. The molecule has 1 aromatic carbocycles. The number of hydrogen-bond donors (Lipinski definition) is 2. The van der Waals surface area contributed by atoms with Gasteiger partial charge >= 0.3 is 0 Å². The number of rotatable bonds is 2. The second-order valence-electron chi connectivity index (χ2n) is 2.81. The van der Waals surface area contributed by atoms with Crippen molar-refractivity contribution in [2.45, 2.75) is 13.0 Å². The molecule has 0 saturated carbocycles. The van der Waals surface area contributed by atoms with Crippen LogP contribution in [-0.2, 0) is 0 Å². The molecule has 0 spiro atoms. The van der Waals surface area contributed by atoms with Crippen LogP contribution in [0.3, 0.4) is 0 Å². The normalized spacial score (nSPS) is 12.5. The van der Waals surface area contributed by atoms with Gasteiger partial charge in [0.2, 0.25) is 0 Å². The third kappa shape index (κ3) is 2.29. The van der Waals surface area contributed by atoms with E-state index >= 15 is 0 Å². The van der Waals surface area contributed by atoms with Gasteiger partial charge in [-0.05, 0) is 25.1 Å². The molecule has 4 heteroatoms. The molecule has 1 rings (SSSR count). The number of benzene rings is 1. The average molecular weight is 244 g/mol. The summed E-state index contributed by atoms with van der Waals surface area (Å²) in [4.78, 5) is 11.4. The van der Waals surface area contributed by atoms with Crippen LogP contribution in [0.2, 0.25) is 0 Å². The van der Waals surface area contributed by atoms with E-state index in [1.54, 1.807) is 19.1 Å². The standard InChI is InChI=1S/C9H10BrNO2/c1-5(11)9(13)7-3-2-6(10)4-8(7)12/h2-5,12H,11H2,1H3. The van der Waals surface area contributed by atoms with E-state index in [4.69, 9.17) is 5.73 Å². The topological polar surface area (TPSA) is 63.3 Å². The van der Waals surface area contributed by atoms with Crippen molar-refractivity contribution in [2.75, 3.05) is 0 Å². The molecule has 1 aromatic rings. The Hall–Kier alpha value is -0.870. The lowest BCUT2D eigenvalue weighted by Crippen LogP contribution is -2.26. The van der Waals surface area contributed by atoms with Gasteiger partial charge in [0.15, 0.2) is 5.78 Å². The second-order valence-corrected chi connectivity index (χ2v) is 3.73. The molecule has 1 unspecified atom stereocenters. The van der Waals surface area contributed by atoms with Gasteiger partial charge in [-0.3, -0.25) is 4.79 Å². The zero-order valence-electron chi connectivity index (χ0n) is 7.12. The molecule has 0 aliphatic heterocycles. The molecular weight excluding hydrogens is 234 g/mol. The molecule has 13 heavy (non-hydrogen) atoms. The molecule has 0 aliphatic rings. The minimum Gasteiger partial charge on any atom is -0.507 e. The lowest BCUT2D eigenvalue weighted by atomic mass is 10.1. The van der Waals surface area contributed by atoms with Gasteiger partial charge in [-0.1, -0.05) is 15.9 Å². The van der Waals surface area contributed by atoms with E-state index in [0.717, 1.165) is 4.47 Å². The summed E-state index contributed by atoms with van der Waals surface area (Å²) in [6, 6.07) is 4.11. The Morgan fingerprint density at radius 1 is 1.62 bits per heavy atom. The first-order valence-electron chi connectivity index (χ1n) is 3.80. The molecule has 0 fully saturated rings. The van der Waals surface area contributed by atoms with E-state index < -0.39 is 6.04 Å². The summed E-state index contributed by atoms with van der Waals surface area (Å²) < 4.78 is 0.728. The Morgan fingerprint density at radius 3 is 2.69 bits per heavy atom. The number of aromatic hydroxyl groups is 1. The first-order valence-corrected chi connectivity index (χ1v) is 4.60. The average Bonchev–Trinajstić information content (AvgIpc) is 2.03. The smallest absolute Gasteiger partial charge is 0.182 e. The number of nitrogens with two attached hydrogens (primary N) is 1. The maximum atomic E-state index is 11.4. The first kappa shape index (κ1) is 10.2. The van der Waals surface area contributed by atoms with E-state index in [0.29, 0.717) is 0 Å². The van der Waals surface area contributed by atoms with Crippen LogP contribution in [0.5, 0.6) is 5.75 Å². The molecule has 3 nitrogen and oxygen atoms in total. The largest absolute Gasteiger partial charge is 0.507 e. The number of phenols is 1. The number of ketones is 1. The van der Waals surface area contributed by atoms with Crippen molar-refractivity contribution in [1.82, 2.24) is 0 Å². The van der Waals surface area contributed by atoms with Gasteiger partial charge in [0, 0.05) is 4.47 Å². The number of phenolic OH excluding ortho intramolecular Hbond substituents is 1. The lowest BCUT2D eigenvalue weighted by molar-refractivity contribution is 0.0965. The van der Waals surface area contributed by atoms with E-state index in [2.05, 4.69) is 15.9 Å².